The van der Waals surface area contributed by atoms with Crippen LogP contribution in [0.1, 0.15) is 24.5 Å². The summed E-state index contributed by atoms with van der Waals surface area (Å²) >= 11 is 0. The number of hydrogen-bond donors (Lipinski definition) is 1. The fourth-order valence-corrected chi connectivity index (χ4v) is 2.59. The van der Waals surface area contributed by atoms with E-state index in [4.69, 9.17) is 13.9 Å². The number of nitrogens with zero attached hydrogens (tertiary/aromatic N) is 1. The maximum Gasteiger partial charge on any atom is 0.317 e. The van der Waals surface area contributed by atoms with Crippen LogP contribution in [-0.2, 0) is 0 Å². The van der Waals surface area contributed by atoms with E-state index in [1.807, 2.05) is 50.2 Å². The van der Waals surface area contributed by atoms with E-state index in [1.165, 1.54) is 0 Å². The maximum atomic E-state index is 12.3. The standard InChI is InChI=1S/C18H22N2O4/c1-12-8-9-15(23-12)13(2)19-18(21)20(3)10-14-11-22-16-6-4-5-7-17(16)24-14/h4-9,13-14H,10-11H2,1-3H3,(H,19,21)/t13-,14-/m1/s1. The van der Waals surface area contributed by atoms with Gasteiger partial charge in [-0.3, -0.25) is 0 Å². The minimum atomic E-state index is -0.197. The molecule has 24 heavy (non-hydrogen) atoms. The highest BCUT2D eigenvalue weighted by Gasteiger charge is 2.24. The summed E-state index contributed by atoms with van der Waals surface area (Å²) in [6, 6.07) is 10.9. The average molecular weight is 330 g/mol. The Morgan fingerprint density at radius 1 is 1.29 bits per heavy atom. The van der Waals surface area contributed by atoms with Crippen LogP contribution in [0, 0.1) is 6.92 Å². The molecule has 2 aromatic rings. The van der Waals surface area contributed by atoms with E-state index in [2.05, 4.69) is 5.32 Å². The van der Waals surface area contributed by atoms with Crippen LogP contribution >= 0.6 is 0 Å². The second-order valence-corrected chi connectivity index (χ2v) is 6.00. The molecule has 2 atom stereocenters. The van der Waals surface area contributed by atoms with Crippen LogP contribution in [0.15, 0.2) is 40.8 Å². The SMILES string of the molecule is Cc1ccc([C@@H](C)NC(=O)N(C)C[C@@H]2COc3ccccc3O2)o1. The molecule has 0 fully saturated rings. The normalized spacial score (nSPS) is 17.2. The number of hydrogen-bond acceptors (Lipinski definition) is 4. The lowest BCUT2D eigenvalue weighted by atomic mass is 10.2. The van der Waals surface area contributed by atoms with Crippen LogP contribution in [0.3, 0.4) is 0 Å². The molecule has 0 unspecified atom stereocenters. The number of fused-ring (bicyclic) bond motifs is 1. The third-order valence-electron chi connectivity index (χ3n) is 3.92. The molecule has 3 rings (SSSR count). The van der Waals surface area contributed by atoms with Gasteiger partial charge >= 0.3 is 6.03 Å². The number of carbonyl (C=O) groups is 1. The van der Waals surface area contributed by atoms with Crippen LogP contribution in [-0.4, -0.2) is 37.2 Å². The number of ether oxygens (including phenoxy) is 2. The van der Waals surface area contributed by atoms with Gasteiger partial charge in [0.15, 0.2) is 17.6 Å². The van der Waals surface area contributed by atoms with Gasteiger partial charge in [0.1, 0.15) is 18.1 Å². The van der Waals surface area contributed by atoms with Gasteiger partial charge in [0.05, 0.1) is 12.6 Å². The molecule has 1 N–H and O–H groups in total. The topological polar surface area (TPSA) is 63.9 Å². The molecule has 2 heterocycles. The van der Waals surface area contributed by atoms with Crippen molar-refractivity contribution in [2.24, 2.45) is 0 Å². The lowest BCUT2D eigenvalue weighted by molar-refractivity contribution is 0.0712. The Kier molecular flexibility index (Phi) is 4.64. The first-order chi connectivity index (χ1) is 11.5. The smallest absolute Gasteiger partial charge is 0.317 e. The summed E-state index contributed by atoms with van der Waals surface area (Å²) in [7, 11) is 1.74. The zero-order valence-corrected chi connectivity index (χ0v) is 14.1. The van der Waals surface area contributed by atoms with Gasteiger partial charge in [-0.15, -0.1) is 0 Å². The van der Waals surface area contributed by atoms with Crippen LogP contribution in [0.2, 0.25) is 0 Å². The van der Waals surface area contributed by atoms with Gasteiger partial charge < -0.3 is 24.1 Å². The highest BCUT2D eigenvalue weighted by molar-refractivity contribution is 5.74. The van der Waals surface area contributed by atoms with E-state index in [0.717, 1.165) is 17.3 Å². The number of nitrogens with one attached hydrogen (secondary N) is 1. The van der Waals surface area contributed by atoms with E-state index in [9.17, 15) is 4.79 Å². The number of furan rings is 1. The number of benzene rings is 1. The quantitative estimate of drug-likeness (QED) is 0.935. The van der Waals surface area contributed by atoms with Gasteiger partial charge in [0.25, 0.3) is 0 Å². The number of likely N-dealkylation sites (N-methyl/N-ethyl adjacent to an activating group) is 1. The highest BCUT2D eigenvalue weighted by atomic mass is 16.6. The number of urea groups is 1. The van der Waals surface area contributed by atoms with Gasteiger partial charge in [-0.1, -0.05) is 12.1 Å². The lowest BCUT2D eigenvalue weighted by Gasteiger charge is -2.30. The van der Waals surface area contributed by atoms with Crippen LogP contribution in [0.25, 0.3) is 0 Å². The van der Waals surface area contributed by atoms with Crippen LogP contribution < -0.4 is 14.8 Å². The molecule has 0 saturated carbocycles. The minimum Gasteiger partial charge on any atom is -0.486 e. The fourth-order valence-electron chi connectivity index (χ4n) is 2.59. The Morgan fingerprint density at radius 3 is 2.75 bits per heavy atom. The van der Waals surface area contributed by atoms with E-state index in [-0.39, 0.29) is 18.2 Å². The van der Waals surface area contributed by atoms with E-state index in [0.29, 0.717) is 18.9 Å². The van der Waals surface area contributed by atoms with Gasteiger partial charge in [0, 0.05) is 7.05 Å². The number of amides is 2. The predicted octanol–water partition coefficient (Wildman–Crippen LogP) is 3.13. The molecule has 6 nitrogen and oxygen atoms in total. The van der Waals surface area contributed by atoms with Crippen LogP contribution in [0.4, 0.5) is 4.79 Å². The third kappa shape index (κ3) is 3.64. The Bertz CT molecular complexity index is 713. The first-order valence-corrected chi connectivity index (χ1v) is 7.99. The zero-order valence-electron chi connectivity index (χ0n) is 14.1. The number of rotatable bonds is 4. The summed E-state index contributed by atoms with van der Waals surface area (Å²) in [4.78, 5) is 13.9. The molecule has 1 aliphatic heterocycles. The molecule has 0 aliphatic carbocycles. The molecule has 0 bridgehead atoms. The van der Waals surface area contributed by atoms with E-state index >= 15 is 0 Å². The van der Waals surface area contributed by atoms with Gasteiger partial charge in [-0.25, -0.2) is 4.79 Å². The molecular weight excluding hydrogens is 308 g/mol. The molecular formula is C18H22N2O4. The summed E-state index contributed by atoms with van der Waals surface area (Å²) in [5.74, 6) is 3.01. The van der Waals surface area contributed by atoms with Crippen LogP contribution in [0.5, 0.6) is 11.5 Å². The molecule has 0 spiro atoms. The predicted molar refractivity (Wildman–Crippen MR) is 89.4 cm³/mol. The minimum absolute atomic E-state index is 0.181. The summed E-state index contributed by atoms with van der Waals surface area (Å²) in [6.07, 6.45) is -0.197. The molecule has 0 saturated heterocycles. The molecule has 6 heteroatoms. The third-order valence-corrected chi connectivity index (χ3v) is 3.92. The van der Waals surface area contributed by atoms with Gasteiger partial charge in [-0.05, 0) is 38.1 Å². The Balaban J connectivity index is 1.53. The largest absolute Gasteiger partial charge is 0.486 e. The molecule has 1 aromatic carbocycles. The number of aryl methyl sites for hydroxylation is 1. The Labute approximate surface area is 141 Å². The van der Waals surface area contributed by atoms with Crippen molar-refractivity contribution in [1.29, 1.82) is 0 Å². The van der Waals surface area contributed by atoms with Gasteiger partial charge in [-0.2, -0.15) is 0 Å². The summed E-state index contributed by atoms with van der Waals surface area (Å²) in [5, 5.41) is 2.91. The van der Waals surface area contributed by atoms with Crippen molar-refractivity contribution in [3.63, 3.8) is 0 Å². The highest BCUT2D eigenvalue weighted by Crippen LogP contribution is 2.30. The van der Waals surface area contributed by atoms with Crippen molar-refractivity contribution >= 4 is 6.03 Å². The monoisotopic (exact) mass is 330 g/mol. The first-order valence-electron chi connectivity index (χ1n) is 7.99. The molecule has 2 amide bonds. The van der Waals surface area contributed by atoms with Crippen molar-refractivity contribution in [2.45, 2.75) is 26.0 Å². The number of carbonyl (C=O) groups excluding carboxylic acids is 1. The zero-order chi connectivity index (χ0) is 17.1. The summed E-state index contributed by atoms with van der Waals surface area (Å²) < 4.78 is 17.1. The lowest BCUT2D eigenvalue weighted by Crippen LogP contribution is -2.46. The molecule has 1 aliphatic rings. The van der Waals surface area contributed by atoms with E-state index < -0.39 is 0 Å². The average Bonchev–Trinajstić information content (AvgIpc) is 3.01. The molecule has 128 valence electrons. The van der Waals surface area contributed by atoms with Crippen molar-refractivity contribution in [1.82, 2.24) is 10.2 Å². The van der Waals surface area contributed by atoms with Crippen molar-refractivity contribution < 1.29 is 18.7 Å². The summed E-state index contributed by atoms with van der Waals surface area (Å²) in [6.45, 7) is 4.62. The Morgan fingerprint density at radius 2 is 2.04 bits per heavy atom. The molecule has 0 radical (unpaired) electrons. The van der Waals surface area contributed by atoms with Crippen molar-refractivity contribution in [3.8, 4) is 11.5 Å². The maximum absolute atomic E-state index is 12.3. The second kappa shape index (κ2) is 6.86. The van der Waals surface area contributed by atoms with Crippen molar-refractivity contribution in [3.05, 3.63) is 47.9 Å². The Hall–Kier alpha value is -2.63. The first kappa shape index (κ1) is 16.2. The summed E-state index contributed by atoms with van der Waals surface area (Å²) in [5.41, 5.74) is 0. The van der Waals surface area contributed by atoms with Gasteiger partial charge in [0.2, 0.25) is 0 Å². The fraction of sp³-hybridized carbons (Fsp3) is 0.389. The number of para-hydroxylation sites is 2. The van der Waals surface area contributed by atoms with Crippen molar-refractivity contribution in [2.75, 3.05) is 20.2 Å². The molecule has 1 aromatic heterocycles. The second-order valence-electron chi connectivity index (χ2n) is 6.00. The van der Waals surface area contributed by atoms with E-state index in [1.54, 1.807) is 11.9 Å².